The average Bonchev–Trinajstić information content (AvgIpc) is 2.96. The summed E-state index contributed by atoms with van der Waals surface area (Å²) in [5.74, 6) is 0.531. The van der Waals surface area contributed by atoms with Gasteiger partial charge in [0.1, 0.15) is 5.70 Å². The normalized spacial score (nSPS) is 34.9. The highest BCUT2D eigenvalue weighted by Gasteiger charge is 2.36. The van der Waals surface area contributed by atoms with E-state index < -0.39 is 6.04 Å². The molecule has 0 saturated heterocycles. The molecule has 138 valence electrons. The first-order valence-electron chi connectivity index (χ1n) is 9.26. The third-order valence-corrected chi connectivity index (χ3v) is 5.85. The summed E-state index contributed by atoms with van der Waals surface area (Å²) in [7, 11) is 4.23. The van der Waals surface area contributed by atoms with Crippen LogP contribution in [0.4, 0.5) is 0 Å². The van der Waals surface area contributed by atoms with Gasteiger partial charge in [-0.3, -0.25) is 10.1 Å². The number of ether oxygens (including phenoxy) is 1. The van der Waals surface area contributed by atoms with E-state index >= 15 is 0 Å². The van der Waals surface area contributed by atoms with Gasteiger partial charge in [-0.1, -0.05) is 0 Å². The van der Waals surface area contributed by atoms with Crippen LogP contribution >= 0.6 is 0 Å². The molecule has 0 unspecified atom stereocenters. The summed E-state index contributed by atoms with van der Waals surface area (Å²) in [6.07, 6.45) is 8.78. The molecule has 2 aliphatic carbocycles. The number of hydrogen-bond donors (Lipinski definition) is 0. The number of nitro groups is 1. The van der Waals surface area contributed by atoms with Crippen molar-refractivity contribution < 1.29 is 14.5 Å². The van der Waals surface area contributed by atoms with E-state index in [4.69, 9.17) is 4.74 Å². The number of rotatable bonds is 4. The monoisotopic (exact) mass is 349 g/mol. The average molecular weight is 349 g/mol. The van der Waals surface area contributed by atoms with Gasteiger partial charge in [0.25, 0.3) is 0 Å². The second-order valence-electron chi connectivity index (χ2n) is 7.71. The van der Waals surface area contributed by atoms with Crippen LogP contribution in [-0.4, -0.2) is 47.9 Å². The molecule has 7 nitrogen and oxygen atoms in total. The molecule has 1 heterocycles. The Balaban J connectivity index is 1.58. The zero-order chi connectivity index (χ0) is 18.0. The number of allylic oxidation sites excluding steroid dienone is 1. The molecule has 0 amide bonds. The molecular formula is C18H27N3O4. The SMILES string of the molecule is CN(C)C1CCC(/C=C2\N=C(C3CCC([N+](=O)[O-])CC3)OC2=O)CC1. The Morgan fingerprint density at radius 2 is 1.76 bits per heavy atom. The molecule has 0 aromatic carbocycles. The number of aliphatic imine (C=N–C) groups is 1. The zero-order valence-corrected chi connectivity index (χ0v) is 15.0. The summed E-state index contributed by atoms with van der Waals surface area (Å²) >= 11 is 0. The number of esters is 1. The topological polar surface area (TPSA) is 85.0 Å². The Kier molecular flexibility index (Phi) is 5.51. The summed E-state index contributed by atoms with van der Waals surface area (Å²) in [6, 6.07) is 0.164. The highest BCUT2D eigenvalue weighted by Crippen LogP contribution is 2.32. The molecule has 0 bridgehead atoms. The van der Waals surface area contributed by atoms with E-state index in [1.807, 2.05) is 6.08 Å². The molecule has 3 rings (SSSR count). The molecular weight excluding hydrogens is 322 g/mol. The predicted molar refractivity (Wildman–Crippen MR) is 93.8 cm³/mol. The second kappa shape index (κ2) is 7.64. The van der Waals surface area contributed by atoms with Crippen LogP contribution in [0, 0.1) is 22.0 Å². The molecule has 7 heteroatoms. The van der Waals surface area contributed by atoms with E-state index in [0.29, 0.717) is 49.2 Å². The molecule has 0 aromatic rings. The van der Waals surface area contributed by atoms with E-state index in [2.05, 4.69) is 24.0 Å². The van der Waals surface area contributed by atoms with Gasteiger partial charge in [0.05, 0.1) is 0 Å². The lowest BCUT2D eigenvalue weighted by Gasteiger charge is -2.31. The van der Waals surface area contributed by atoms with Crippen LogP contribution < -0.4 is 0 Å². The molecule has 3 aliphatic rings. The van der Waals surface area contributed by atoms with Crippen molar-refractivity contribution in [2.45, 2.75) is 63.5 Å². The van der Waals surface area contributed by atoms with Crippen LogP contribution in [0.25, 0.3) is 0 Å². The molecule has 2 saturated carbocycles. The van der Waals surface area contributed by atoms with Crippen molar-refractivity contribution in [2.24, 2.45) is 16.8 Å². The van der Waals surface area contributed by atoms with Crippen molar-refractivity contribution in [1.82, 2.24) is 4.90 Å². The van der Waals surface area contributed by atoms with Crippen molar-refractivity contribution in [3.8, 4) is 0 Å². The van der Waals surface area contributed by atoms with Gasteiger partial charge in [-0.15, -0.1) is 0 Å². The maximum absolute atomic E-state index is 12.1. The summed E-state index contributed by atoms with van der Waals surface area (Å²) in [6.45, 7) is 0. The van der Waals surface area contributed by atoms with Crippen LogP contribution in [0.2, 0.25) is 0 Å². The largest absolute Gasteiger partial charge is 0.407 e. The van der Waals surface area contributed by atoms with Crippen molar-refractivity contribution in [1.29, 1.82) is 0 Å². The molecule has 0 radical (unpaired) electrons. The lowest BCUT2D eigenvalue weighted by Crippen LogP contribution is -2.31. The summed E-state index contributed by atoms with van der Waals surface area (Å²) in [5, 5.41) is 10.9. The van der Waals surface area contributed by atoms with Crippen LogP contribution in [0.3, 0.4) is 0 Å². The molecule has 0 spiro atoms. The first-order valence-corrected chi connectivity index (χ1v) is 9.26. The summed E-state index contributed by atoms with van der Waals surface area (Å²) in [4.78, 5) is 29.5. The van der Waals surface area contributed by atoms with Gasteiger partial charge in [-0.2, -0.15) is 0 Å². The molecule has 0 aromatic heterocycles. The van der Waals surface area contributed by atoms with Gasteiger partial charge in [0.2, 0.25) is 11.9 Å². The minimum atomic E-state index is -0.462. The lowest BCUT2D eigenvalue weighted by atomic mass is 9.85. The maximum atomic E-state index is 12.1. The first kappa shape index (κ1) is 18.0. The van der Waals surface area contributed by atoms with Gasteiger partial charge < -0.3 is 9.64 Å². The van der Waals surface area contributed by atoms with Crippen LogP contribution in [-0.2, 0) is 9.53 Å². The Hall–Kier alpha value is -1.76. The van der Waals surface area contributed by atoms with Crippen LogP contribution in [0.5, 0.6) is 0 Å². The van der Waals surface area contributed by atoms with Crippen LogP contribution in [0.15, 0.2) is 16.8 Å². The Morgan fingerprint density at radius 3 is 2.32 bits per heavy atom. The molecule has 0 N–H and O–H groups in total. The van der Waals surface area contributed by atoms with E-state index in [9.17, 15) is 14.9 Å². The lowest BCUT2D eigenvalue weighted by molar-refractivity contribution is -0.526. The standard InChI is InChI=1S/C18H27N3O4/c1-20(2)14-7-3-12(4-8-14)11-16-18(22)25-17(19-16)13-5-9-15(10-6-13)21(23)24/h11-15H,3-10H2,1-2H3/b16-11-. The number of carbonyl (C=O) groups is 1. The van der Waals surface area contributed by atoms with Crippen molar-refractivity contribution >= 4 is 11.9 Å². The minimum absolute atomic E-state index is 0.0375. The van der Waals surface area contributed by atoms with Gasteiger partial charge >= 0.3 is 5.97 Å². The third kappa shape index (κ3) is 4.26. The highest BCUT2D eigenvalue weighted by atomic mass is 16.6. The van der Waals surface area contributed by atoms with Crippen molar-refractivity contribution in [2.75, 3.05) is 14.1 Å². The fraction of sp³-hybridized carbons (Fsp3) is 0.778. The predicted octanol–water partition coefficient (Wildman–Crippen LogP) is 2.78. The smallest absolute Gasteiger partial charge is 0.363 e. The quantitative estimate of drug-likeness (QED) is 0.337. The fourth-order valence-electron chi connectivity index (χ4n) is 4.16. The first-order chi connectivity index (χ1) is 11.9. The summed E-state index contributed by atoms with van der Waals surface area (Å²) in [5.41, 5.74) is 0.430. The Morgan fingerprint density at radius 1 is 1.12 bits per heavy atom. The zero-order valence-electron chi connectivity index (χ0n) is 15.0. The molecule has 0 atom stereocenters. The maximum Gasteiger partial charge on any atom is 0.363 e. The number of nitrogens with zero attached hydrogens (tertiary/aromatic N) is 3. The van der Waals surface area contributed by atoms with E-state index in [0.717, 1.165) is 25.7 Å². The van der Waals surface area contributed by atoms with Crippen LogP contribution in [0.1, 0.15) is 51.4 Å². The number of carbonyl (C=O) groups excluding carboxylic acids is 1. The van der Waals surface area contributed by atoms with Crippen molar-refractivity contribution in [3.63, 3.8) is 0 Å². The van der Waals surface area contributed by atoms with E-state index in [1.54, 1.807) is 0 Å². The van der Waals surface area contributed by atoms with Crippen molar-refractivity contribution in [3.05, 3.63) is 21.9 Å². The number of hydrogen-bond acceptors (Lipinski definition) is 6. The number of cyclic esters (lactones) is 1. The molecule has 25 heavy (non-hydrogen) atoms. The van der Waals surface area contributed by atoms with Gasteiger partial charge in [0, 0.05) is 29.7 Å². The highest BCUT2D eigenvalue weighted by molar-refractivity contribution is 6.05. The van der Waals surface area contributed by atoms with E-state index in [-0.39, 0.29) is 16.8 Å². The van der Waals surface area contributed by atoms with Gasteiger partial charge in [0.15, 0.2) is 0 Å². The summed E-state index contributed by atoms with van der Waals surface area (Å²) < 4.78 is 5.37. The third-order valence-electron chi connectivity index (χ3n) is 5.85. The van der Waals surface area contributed by atoms with Gasteiger partial charge in [-0.25, -0.2) is 9.79 Å². The van der Waals surface area contributed by atoms with E-state index in [1.165, 1.54) is 0 Å². The van der Waals surface area contributed by atoms with Gasteiger partial charge in [-0.05, 0) is 64.6 Å². The second-order valence-corrected chi connectivity index (χ2v) is 7.71. The molecule has 2 fully saturated rings. The minimum Gasteiger partial charge on any atom is -0.407 e. The molecule has 1 aliphatic heterocycles. The Bertz CT molecular complexity index is 583. The Labute approximate surface area is 148 Å². The fourth-order valence-corrected chi connectivity index (χ4v) is 4.16.